The van der Waals surface area contributed by atoms with Crippen molar-refractivity contribution in [2.75, 3.05) is 6.26 Å². The van der Waals surface area contributed by atoms with Crippen molar-refractivity contribution in [3.8, 4) is 5.75 Å². The number of rotatable bonds is 5. The largest absolute Gasteiger partial charge is 0.487 e. The van der Waals surface area contributed by atoms with Crippen LogP contribution in [0.4, 0.5) is 0 Å². The van der Waals surface area contributed by atoms with Crippen LogP contribution < -0.4 is 4.74 Å². The van der Waals surface area contributed by atoms with Gasteiger partial charge in [-0.15, -0.1) is 0 Å². The Kier molecular flexibility index (Phi) is 4.73. The highest BCUT2D eigenvalue weighted by Gasteiger charge is 2.13. The lowest BCUT2D eigenvalue weighted by Crippen LogP contribution is -2.04. The molecule has 1 aromatic heterocycles. The van der Waals surface area contributed by atoms with Gasteiger partial charge in [0.05, 0.1) is 20.8 Å². The monoisotopic (exact) mass is 372 g/mol. The molecule has 0 saturated heterocycles. The predicted molar refractivity (Wildman–Crippen MR) is 84.2 cm³/mol. The number of ether oxygens (including phenoxy) is 1. The van der Waals surface area contributed by atoms with E-state index < -0.39 is 9.84 Å². The van der Waals surface area contributed by atoms with Crippen LogP contribution in [0.25, 0.3) is 0 Å². The van der Waals surface area contributed by atoms with Gasteiger partial charge in [-0.3, -0.25) is 4.68 Å². The second kappa shape index (κ2) is 6.19. The van der Waals surface area contributed by atoms with E-state index in [9.17, 15) is 8.42 Å². The zero-order valence-corrected chi connectivity index (χ0v) is 14.5. The highest BCUT2D eigenvalue weighted by atomic mass is 79.9. The van der Waals surface area contributed by atoms with Crippen molar-refractivity contribution in [2.45, 2.75) is 24.8 Å². The third-order valence-electron chi connectivity index (χ3n) is 3.13. The summed E-state index contributed by atoms with van der Waals surface area (Å²) in [6, 6.07) is 6.39. The third kappa shape index (κ3) is 3.65. The van der Waals surface area contributed by atoms with Crippen LogP contribution >= 0.6 is 15.9 Å². The Balaban J connectivity index is 2.12. The summed E-state index contributed by atoms with van der Waals surface area (Å²) >= 11 is 3.53. The van der Waals surface area contributed by atoms with Crippen molar-refractivity contribution in [1.29, 1.82) is 0 Å². The van der Waals surface area contributed by atoms with Crippen molar-refractivity contribution >= 4 is 25.8 Å². The maximum atomic E-state index is 11.4. The topological polar surface area (TPSA) is 61.2 Å². The Morgan fingerprint density at radius 3 is 2.38 bits per heavy atom. The molecule has 1 heterocycles. The van der Waals surface area contributed by atoms with Crippen LogP contribution in [0.2, 0.25) is 0 Å². The van der Waals surface area contributed by atoms with Crippen LogP contribution in [0.1, 0.15) is 18.3 Å². The lowest BCUT2D eigenvalue weighted by atomic mass is 10.3. The van der Waals surface area contributed by atoms with Crippen LogP contribution in [0.3, 0.4) is 0 Å². The molecule has 0 fully saturated rings. The molecule has 0 N–H and O–H groups in total. The number of halogens is 1. The van der Waals surface area contributed by atoms with E-state index in [1.54, 1.807) is 28.9 Å². The Bertz CT molecular complexity index is 736. The first-order valence-electron chi connectivity index (χ1n) is 6.46. The molecule has 0 spiro atoms. The summed E-state index contributed by atoms with van der Waals surface area (Å²) in [7, 11) is -1.31. The minimum Gasteiger partial charge on any atom is -0.487 e. The fourth-order valence-electron chi connectivity index (χ4n) is 1.91. The minimum atomic E-state index is -3.18. The second-order valence-electron chi connectivity index (χ2n) is 4.72. The number of sulfone groups is 1. The molecule has 114 valence electrons. The van der Waals surface area contributed by atoms with Gasteiger partial charge in [0.15, 0.2) is 9.84 Å². The molecule has 0 amide bonds. The molecular formula is C14H17BrN2O3S. The Morgan fingerprint density at radius 1 is 1.29 bits per heavy atom. The van der Waals surface area contributed by atoms with Gasteiger partial charge in [0.2, 0.25) is 0 Å². The van der Waals surface area contributed by atoms with Gasteiger partial charge in [-0.2, -0.15) is 5.10 Å². The Hall–Kier alpha value is -1.34. The molecule has 0 aliphatic carbocycles. The Morgan fingerprint density at radius 2 is 1.90 bits per heavy atom. The first-order chi connectivity index (χ1) is 9.82. The van der Waals surface area contributed by atoms with Gasteiger partial charge in [-0.25, -0.2) is 8.42 Å². The molecule has 0 aliphatic rings. The van der Waals surface area contributed by atoms with E-state index in [0.717, 1.165) is 22.3 Å². The van der Waals surface area contributed by atoms with Crippen LogP contribution in [0, 0.1) is 0 Å². The summed E-state index contributed by atoms with van der Waals surface area (Å²) < 4.78 is 31.2. The van der Waals surface area contributed by atoms with Gasteiger partial charge < -0.3 is 4.74 Å². The van der Waals surface area contributed by atoms with Gasteiger partial charge in [-0.1, -0.05) is 6.92 Å². The van der Waals surface area contributed by atoms with Gasteiger partial charge in [0.25, 0.3) is 0 Å². The number of aromatic nitrogens is 2. The van der Waals surface area contributed by atoms with E-state index in [0.29, 0.717) is 12.4 Å². The minimum absolute atomic E-state index is 0.282. The lowest BCUT2D eigenvalue weighted by molar-refractivity contribution is 0.294. The maximum absolute atomic E-state index is 11.4. The molecule has 2 rings (SSSR count). The number of hydrogen-bond acceptors (Lipinski definition) is 4. The van der Waals surface area contributed by atoms with Crippen LogP contribution in [0.15, 0.2) is 33.6 Å². The van der Waals surface area contributed by atoms with E-state index in [2.05, 4.69) is 21.0 Å². The molecular weight excluding hydrogens is 356 g/mol. The molecule has 0 aliphatic heterocycles. The molecule has 0 atom stereocenters. The molecule has 21 heavy (non-hydrogen) atoms. The highest BCUT2D eigenvalue weighted by molar-refractivity contribution is 9.10. The summed E-state index contributed by atoms with van der Waals surface area (Å²) in [5.74, 6) is 0.619. The normalized spacial score (nSPS) is 11.6. The number of aryl methyl sites for hydroxylation is 2. The lowest BCUT2D eigenvalue weighted by Gasteiger charge is -2.07. The number of hydrogen-bond donors (Lipinski definition) is 0. The van der Waals surface area contributed by atoms with E-state index >= 15 is 0 Å². The summed E-state index contributed by atoms with van der Waals surface area (Å²) in [6.07, 6.45) is 2.03. The van der Waals surface area contributed by atoms with Crippen molar-refractivity contribution in [2.24, 2.45) is 7.05 Å². The standard InChI is InChI=1S/C14H17BrN2O3S/c1-4-12-14(15)13(17(2)16-12)9-20-10-5-7-11(8-6-10)21(3,18)19/h5-8H,4,9H2,1-3H3. The van der Waals surface area contributed by atoms with Gasteiger partial charge in [0, 0.05) is 13.3 Å². The van der Waals surface area contributed by atoms with E-state index in [1.165, 1.54) is 6.26 Å². The molecule has 5 nitrogen and oxygen atoms in total. The maximum Gasteiger partial charge on any atom is 0.175 e. The first-order valence-corrected chi connectivity index (χ1v) is 9.14. The molecule has 0 unspecified atom stereocenters. The summed E-state index contributed by atoms with van der Waals surface area (Å²) in [4.78, 5) is 0.282. The van der Waals surface area contributed by atoms with Crippen molar-refractivity contribution in [3.05, 3.63) is 40.1 Å². The third-order valence-corrected chi connectivity index (χ3v) is 5.17. The molecule has 7 heteroatoms. The van der Waals surface area contributed by atoms with Crippen LogP contribution in [-0.4, -0.2) is 24.5 Å². The molecule has 2 aromatic rings. The fourth-order valence-corrected chi connectivity index (χ4v) is 3.27. The molecule has 0 radical (unpaired) electrons. The quantitative estimate of drug-likeness (QED) is 0.809. The fraction of sp³-hybridized carbons (Fsp3) is 0.357. The summed E-state index contributed by atoms with van der Waals surface area (Å²) in [6.45, 7) is 2.41. The van der Waals surface area contributed by atoms with Crippen LogP contribution in [-0.2, 0) is 29.9 Å². The summed E-state index contributed by atoms with van der Waals surface area (Å²) in [5, 5.41) is 4.40. The predicted octanol–water partition coefficient (Wildman–Crippen LogP) is 2.73. The summed E-state index contributed by atoms with van der Waals surface area (Å²) in [5.41, 5.74) is 1.93. The highest BCUT2D eigenvalue weighted by Crippen LogP contribution is 2.23. The van der Waals surface area contributed by atoms with Crippen LogP contribution in [0.5, 0.6) is 5.75 Å². The zero-order chi connectivity index (χ0) is 15.6. The molecule has 0 saturated carbocycles. The van der Waals surface area contributed by atoms with Gasteiger partial charge in [-0.05, 0) is 46.6 Å². The van der Waals surface area contributed by atoms with E-state index in [-0.39, 0.29) is 4.90 Å². The smallest absolute Gasteiger partial charge is 0.175 e. The van der Waals surface area contributed by atoms with Gasteiger partial charge in [0.1, 0.15) is 12.4 Å². The number of nitrogens with zero attached hydrogens (tertiary/aromatic N) is 2. The Labute approximate surface area is 133 Å². The second-order valence-corrected chi connectivity index (χ2v) is 7.53. The zero-order valence-electron chi connectivity index (χ0n) is 12.1. The molecule has 1 aromatic carbocycles. The van der Waals surface area contributed by atoms with Crippen molar-refractivity contribution in [1.82, 2.24) is 9.78 Å². The number of benzene rings is 1. The average molecular weight is 373 g/mol. The van der Waals surface area contributed by atoms with E-state index in [1.807, 2.05) is 14.0 Å². The molecule has 0 bridgehead atoms. The van der Waals surface area contributed by atoms with Gasteiger partial charge >= 0.3 is 0 Å². The average Bonchev–Trinajstić information content (AvgIpc) is 2.70. The first kappa shape index (κ1) is 16.0. The van der Waals surface area contributed by atoms with Crippen molar-refractivity contribution < 1.29 is 13.2 Å². The van der Waals surface area contributed by atoms with Crippen molar-refractivity contribution in [3.63, 3.8) is 0 Å². The SMILES string of the molecule is CCc1nn(C)c(COc2ccc(S(C)(=O)=O)cc2)c1Br. The van der Waals surface area contributed by atoms with E-state index in [4.69, 9.17) is 4.74 Å².